The third-order valence-corrected chi connectivity index (χ3v) is 6.56. The molecule has 1 aromatic carbocycles. The fraction of sp³-hybridized carbons (Fsp3) is 0.679. The Bertz CT molecular complexity index is 605. The monoisotopic (exact) mass is 410 g/mol. The molecule has 0 saturated carbocycles. The lowest BCUT2D eigenvalue weighted by Gasteiger charge is -2.28. The summed E-state index contributed by atoms with van der Waals surface area (Å²) in [6, 6.07) is 11.6. The van der Waals surface area contributed by atoms with Gasteiger partial charge in [-0.2, -0.15) is 0 Å². The number of imidazole rings is 1. The third kappa shape index (κ3) is 9.96. The van der Waals surface area contributed by atoms with Crippen molar-refractivity contribution in [1.29, 1.82) is 0 Å². The summed E-state index contributed by atoms with van der Waals surface area (Å²) in [5, 5.41) is 0. The minimum atomic E-state index is 0.575. The van der Waals surface area contributed by atoms with Crippen LogP contribution >= 0.6 is 0 Å². The van der Waals surface area contributed by atoms with Crippen LogP contribution in [-0.4, -0.2) is 9.55 Å². The Morgan fingerprint density at radius 2 is 1.37 bits per heavy atom. The maximum Gasteiger partial charge on any atom is 0.0948 e. The molecule has 1 heterocycles. The van der Waals surface area contributed by atoms with E-state index in [0.29, 0.717) is 12.0 Å². The van der Waals surface area contributed by atoms with Crippen LogP contribution in [0.5, 0.6) is 0 Å². The molecule has 2 unspecified atom stereocenters. The number of nitrogens with zero attached hydrogens (tertiary/aromatic N) is 2. The minimum Gasteiger partial charge on any atom is -0.334 e. The first kappa shape index (κ1) is 24.7. The highest BCUT2D eigenvalue weighted by molar-refractivity contribution is 5.15. The SMILES string of the molecule is CCCCCCCCCCCCCC(C(CCC)Cc1ccccc1)n1ccnc1. The van der Waals surface area contributed by atoms with Gasteiger partial charge in [0.15, 0.2) is 0 Å². The van der Waals surface area contributed by atoms with E-state index in [1.54, 1.807) is 0 Å². The van der Waals surface area contributed by atoms with E-state index >= 15 is 0 Å². The highest BCUT2D eigenvalue weighted by Crippen LogP contribution is 2.31. The molecule has 0 spiro atoms. The molecule has 0 fully saturated rings. The molecular formula is C28H46N2. The van der Waals surface area contributed by atoms with E-state index < -0.39 is 0 Å². The Balaban J connectivity index is 1.74. The molecule has 2 atom stereocenters. The van der Waals surface area contributed by atoms with E-state index in [1.807, 2.05) is 12.5 Å². The first-order chi connectivity index (χ1) is 14.8. The largest absolute Gasteiger partial charge is 0.334 e. The van der Waals surface area contributed by atoms with Crippen molar-refractivity contribution >= 4 is 0 Å². The highest BCUT2D eigenvalue weighted by Gasteiger charge is 2.22. The molecular weight excluding hydrogens is 364 g/mol. The number of hydrogen-bond acceptors (Lipinski definition) is 1. The van der Waals surface area contributed by atoms with Crippen LogP contribution in [0.3, 0.4) is 0 Å². The Hall–Kier alpha value is -1.57. The summed E-state index contributed by atoms with van der Waals surface area (Å²) in [7, 11) is 0. The first-order valence-corrected chi connectivity index (χ1v) is 12.9. The molecule has 0 radical (unpaired) electrons. The highest BCUT2D eigenvalue weighted by atomic mass is 15.1. The van der Waals surface area contributed by atoms with E-state index in [-0.39, 0.29) is 0 Å². The van der Waals surface area contributed by atoms with Gasteiger partial charge in [-0.25, -0.2) is 4.98 Å². The Morgan fingerprint density at radius 1 is 0.733 bits per heavy atom. The zero-order valence-corrected chi connectivity index (χ0v) is 19.8. The number of unbranched alkanes of at least 4 members (excludes halogenated alkanes) is 10. The summed E-state index contributed by atoms with van der Waals surface area (Å²) in [6.07, 6.45) is 26.7. The fourth-order valence-corrected chi connectivity index (χ4v) is 4.83. The van der Waals surface area contributed by atoms with Crippen LogP contribution in [0.15, 0.2) is 49.1 Å². The number of benzene rings is 1. The number of hydrogen-bond donors (Lipinski definition) is 0. The lowest BCUT2D eigenvalue weighted by Crippen LogP contribution is -2.21. The molecule has 0 aliphatic heterocycles. The van der Waals surface area contributed by atoms with Crippen LogP contribution in [0.25, 0.3) is 0 Å². The zero-order valence-electron chi connectivity index (χ0n) is 19.8. The smallest absolute Gasteiger partial charge is 0.0948 e. The molecule has 0 bridgehead atoms. The van der Waals surface area contributed by atoms with Crippen LogP contribution in [0.2, 0.25) is 0 Å². The van der Waals surface area contributed by atoms with Crippen LogP contribution in [0, 0.1) is 5.92 Å². The molecule has 0 amide bonds. The van der Waals surface area contributed by atoms with Gasteiger partial charge in [0.05, 0.1) is 6.33 Å². The van der Waals surface area contributed by atoms with Gasteiger partial charge in [-0.3, -0.25) is 0 Å². The Kier molecular flexibility index (Phi) is 13.3. The summed E-state index contributed by atoms with van der Waals surface area (Å²) in [5.74, 6) is 0.690. The molecule has 1 aromatic heterocycles. The Labute approximate surface area is 186 Å². The topological polar surface area (TPSA) is 17.8 Å². The average Bonchev–Trinajstić information content (AvgIpc) is 3.30. The van der Waals surface area contributed by atoms with Crippen molar-refractivity contribution in [1.82, 2.24) is 9.55 Å². The van der Waals surface area contributed by atoms with E-state index in [9.17, 15) is 0 Å². The minimum absolute atomic E-state index is 0.575. The van der Waals surface area contributed by atoms with E-state index in [1.165, 1.54) is 102 Å². The Morgan fingerprint density at radius 3 is 1.93 bits per heavy atom. The van der Waals surface area contributed by atoms with Crippen molar-refractivity contribution in [3.8, 4) is 0 Å². The van der Waals surface area contributed by atoms with Gasteiger partial charge in [-0.1, -0.05) is 121 Å². The van der Waals surface area contributed by atoms with Gasteiger partial charge in [0, 0.05) is 18.4 Å². The van der Waals surface area contributed by atoms with Gasteiger partial charge >= 0.3 is 0 Å². The first-order valence-electron chi connectivity index (χ1n) is 12.9. The molecule has 0 aliphatic carbocycles. The second-order valence-corrected chi connectivity index (χ2v) is 9.14. The van der Waals surface area contributed by atoms with Gasteiger partial charge in [0.1, 0.15) is 0 Å². The van der Waals surface area contributed by atoms with Crippen molar-refractivity contribution in [2.45, 2.75) is 116 Å². The second-order valence-electron chi connectivity index (χ2n) is 9.14. The predicted octanol–water partition coefficient (Wildman–Crippen LogP) is 8.78. The predicted molar refractivity (Wildman–Crippen MR) is 131 cm³/mol. The van der Waals surface area contributed by atoms with Crippen LogP contribution in [0.4, 0.5) is 0 Å². The van der Waals surface area contributed by atoms with Gasteiger partial charge in [0.25, 0.3) is 0 Å². The summed E-state index contributed by atoms with van der Waals surface area (Å²) >= 11 is 0. The van der Waals surface area contributed by atoms with Crippen molar-refractivity contribution in [2.24, 2.45) is 5.92 Å². The van der Waals surface area contributed by atoms with Gasteiger partial charge < -0.3 is 4.57 Å². The lowest BCUT2D eigenvalue weighted by atomic mass is 9.85. The summed E-state index contributed by atoms with van der Waals surface area (Å²) in [5.41, 5.74) is 1.47. The normalized spacial score (nSPS) is 13.4. The van der Waals surface area contributed by atoms with E-state index in [0.717, 1.165) is 0 Å². The number of rotatable bonds is 18. The zero-order chi connectivity index (χ0) is 21.3. The van der Waals surface area contributed by atoms with Crippen LogP contribution < -0.4 is 0 Å². The standard InChI is InChI=1S/C28H46N2/c1-3-5-6-7-8-9-10-11-12-13-17-21-28(30-23-22-29-25-30)27(18-4-2)24-26-19-15-14-16-20-26/h14-16,19-20,22-23,25,27-28H,3-13,17-18,21,24H2,1-2H3. The molecule has 0 aliphatic rings. The molecule has 2 nitrogen and oxygen atoms in total. The molecule has 30 heavy (non-hydrogen) atoms. The van der Waals surface area contributed by atoms with Crippen LogP contribution in [0.1, 0.15) is 115 Å². The van der Waals surface area contributed by atoms with E-state index in [4.69, 9.17) is 0 Å². The van der Waals surface area contributed by atoms with Crippen LogP contribution in [-0.2, 0) is 6.42 Å². The summed E-state index contributed by atoms with van der Waals surface area (Å²) in [4.78, 5) is 4.36. The van der Waals surface area contributed by atoms with Crippen molar-refractivity contribution in [3.63, 3.8) is 0 Å². The average molecular weight is 411 g/mol. The van der Waals surface area contributed by atoms with Crippen molar-refractivity contribution < 1.29 is 0 Å². The molecule has 2 rings (SSSR count). The molecule has 0 N–H and O–H groups in total. The second kappa shape index (κ2) is 16.2. The third-order valence-electron chi connectivity index (χ3n) is 6.56. The van der Waals surface area contributed by atoms with E-state index in [2.05, 4.69) is 59.9 Å². The van der Waals surface area contributed by atoms with Gasteiger partial charge in [0.2, 0.25) is 0 Å². The maximum absolute atomic E-state index is 4.36. The molecule has 168 valence electrons. The summed E-state index contributed by atoms with van der Waals surface area (Å²) < 4.78 is 2.39. The van der Waals surface area contributed by atoms with Crippen molar-refractivity contribution in [3.05, 3.63) is 54.6 Å². The quantitative estimate of drug-likeness (QED) is 0.224. The molecule has 2 heteroatoms. The molecule has 2 aromatic rings. The maximum atomic E-state index is 4.36. The van der Waals surface area contributed by atoms with Crippen molar-refractivity contribution in [2.75, 3.05) is 0 Å². The number of aromatic nitrogens is 2. The van der Waals surface area contributed by atoms with Gasteiger partial charge in [-0.15, -0.1) is 0 Å². The lowest BCUT2D eigenvalue weighted by molar-refractivity contribution is 0.280. The van der Waals surface area contributed by atoms with Gasteiger partial charge in [-0.05, 0) is 30.7 Å². The molecule has 0 saturated heterocycles. The fourth-order valence-electron chi connectivity index (χ4n) is 4.83. The summed E-state index contributed by atoms with van der Waals surface area (Å²) in [6.45, 7) is 4.62.